The first kappa shape index (κ1) is 13.2. The Morgan fingerprint density at radius 1 is 1.20 bits per heavy atom. The van der Waals surface area contributed by atoms with E-state index >= 15 is 0 Å². The Morgan fingerprint density at radius 2 is 1.80 bits per heavy atom. The summed E-state index contributed by atoms with van der Waals surface area (Å²) in [5.74, 6) is 0. The molecule has 3 heteroatoms. The second-order valence-electron chi connectivity index (χ2n) is 4.51. The molecule has 0 saturated heterocycles. The molecule has 84 valence electrons. The van der Waals surface area contributed by atoms with E-state index in [2.05, 4.69) is 76.3 Å². The van der Waals surface area contributed by atoms with Crippen molar-refractivity contribution >= 4 is 31.9 Å². The van der Waals surface area contributed by atoms with E-state index in [0.29, 0.717) is 4.83 Å². The zero-order valence-electron chi connectivity index (χ0n) is 9.29. The number of quaternary nitrogens is 1. The van der Waals surface area contributed by atoms with E-state index in [4.69, 9.17) is 0 Å². The molecule has 0 heterocycles. The average Bonchev–Trinajstić information content (AvgIpc) is 2.17. The van der Waals surface area contributed by atoms with Gasteiger partial charge in [-0.25, -0.2) is 0 Å². The minimum absolute atomic E-state index is 0.538. The molecule has 1 nitrogen and oxygen atoms in total. The Bertz CT molecular complexity index is 285. The third kappa shape index (κ3) is 5.14. The van der Waals surface area contributed by atoms with Crippen LogP contribution in [0.4, 0.5) is 0 Å². The number of rotatable bonds is 5. The van der Waals surface area contributed by atoms with Gasteiger partial charge in [-0.05, 0) is 0 Å². The van der Waals surface area contributed by atoms with Crippen LogP contribution in [0.2, 0.25) is 0 Å². The predicted molar refractivity (Wildman–Crippen MR) is 73.6 cm³/mol. The first-order valence-electron chi connectivity index (χ1n) is 5.09. The highest BCUT2D eigenvalue weighted by atomic mass is 79.9. The average molecular weight is 336 g/mol. The van der Waals surface area contributed by atoms with Gasteiger partial charge in [0.1, 0.15) is 6.54 Å². The van der Waals surface area contributed by atoms with E-state index < -0.39 is 0 Å². The molecule has 0 N–H and O–H groups in total. The number of nitrogens with zero attached hydrogens (tertiary/aromatic N) is 1. The molecule has 0 aliphatic rings. The highest BCUT2D eigenvalue weighted by molar-refractivity contribution is 9.12. The van der Waals surface area contributed by atoms with Crippen molar-refractivity contribution in [2.24, 2.45) is 0 Å². The van der Waals surface area contributed by atoms with Crippen LogP contribution in [0.15, 0.2) is 30.3 Å². The van der Waals surface area contributed by atoms with Gasteiger partial charge in [0.15, 0.2) is 0 Å². The molecule has 0 spiro atoms. The van der Waals surface area contributed by atoms with Crippen molar-refractivity contribution in [3.05, 3.63) is 35.9 Å². The molecule has 1 aromatic rings. The number of halogens is 2. The van der Waals surface area contributed by atoms with Crippen molar-refractivity contribution in [3.8, 4) is 0 Å². The van der Waals surface area contributed by atoms with E-state index in [9.17, 15) is 0 Å². The van der Waals surface area contributed by atoms with Gasteiger partial charge in [-0.15, -0.1) is 0 Å². The largest absolute Gasteiger partial charge is 0.324 e. The maximum Gasteiger partial charge on any atom is 0.104 e. The van der Waals surface area contributed by atoms with Crippen LogP contribution in [0, 0.1) is 0 Å². The van der Waals surface area contributed by atoms with E-state index in [1.807, 2.05) is 0 Å². The highest BCUT2D eigenvalue weighted by Crippen LogP contribution is 2.14. The maximum atomic E-state index is 3.66. The van der Waals surface area contributed by atoms with Crippen LogP contribution in [-0.4, -0.2) is 35.3 Å². The molecule has 1 atom stereocenters. The summed E-state index contributed by atoms with van der Waals surface area (Å²) in [5.41, 5.74) is 1.40. The lowest BCUT2D eigenvalue weighted by molar-refractivity contribution is -0.902. The van der Waals surface area contributed by atoms with Crippen molar-refractivity contribution in [2.75, 3.05) is 26.0 Å². The Morgan fingerprint density at radius 3 is 2.33 bits per heavy atom. The van der Waals surface area contributed by atoms with Gasteiger partial charge in [0.25, 0.3) is 0 Å². The molecule has 1 aromatic carbocycles. The standard InChI is InChI=1S/C12H18Br2N/c1-15(2,10-12(14)8-13)9-11-6-4-3-5-7-11/h3-7,12H,8-10H2,1-2H3/q+1. The summed E-state index contributed by atoms with van der Waals surface area (Å²) in [6.07, 6.45) is 0. The van der Waals surface area contributed by atoms with E-state index in [0.717, 1.165) is 22.9 Å². The van der Waals surface area contributed by atoms with Gasteiger partial charge in [-0.3, -0.25) is 0 Å². The zero-order chi connectivity index (χ0) is 11.3. The van der Waals surface area contributed by atoms with Gasteiger partial charge in [-0.1, -0.05) is 62.2 Å². The van der Waals surface area contributed by atoms with Crippen LogP contribution in [0.3, 0.4) is 0 Å². The van der Waals surface area contributed by atoms with Gasteiger partial charge in [0.05, 0.1) is 25.5 Å². The van der Waals surface area contributed by atoms with Gasteiger partial charge >= 0.3 is 0 Å². The molecule has 0 aliphatic carbocycles. The Balaban J connectivity index is 2.56. The smallest absolute Gasteiger partial charge is 0.104 e. The fraction of sp³-hybridized carbons (Fsp3) is 0.500. The van der Waals surface area contributed by atoms with Crippen molar-refractivity contribution in [2.45, 2.75) is 11.4 Å². The maximum absolute atomic E-state index is 3.66. The molecular formula is C12H18Br2N+. The van der Waals surface area contributed by atoms with E-state index in [-0.39, 0.29) is 0 Å². The number of alkyl halides is 2. The fourth-order valence-electron chi connectivity index (χ4n) is 1.73. The third-order valence-corrected chi connectivity index (χ3v) is 4.58. The van der Waals surface area contributed by atoms with Gasteiger partial charge in [-0.2, -0.15) is 0 Å². The minimum atomic E-state index is 0.538. The number of hydrogen-bond donors (Lipinski definition) is 0. The zero-order valence-corrected chi connectivity index (χ0v) is 12.5. The summed E-state index contributed by atoms with van der Waals surface area (Å²) in [7, 11) is 4.54. The molecule has 0 radical (unpaired) electrons. The predicted octanol–water partition coefficient (Wildman–Crippen LogP) is 3.42. The number of hydrogen-bond acceptors (Lipinski definition) is 0. The van der Waals surface area contributed by atoms with Crippen LogP contribution in [0.25, 0.3) is 0 Å². The summed E-state index contributed by atoms with van der Waals surface area (Å²) in [4.78, 5) is 0.538. The van der Waals surface area contributed by atoms with Crippen LogP contribution < -0.4 is 0 Å². The summed E-state index contributed by atoms with van der Waals surface area (Å²) in [6.45, 7) is 2.20. The third-order valence-electron chi connectivity index (χ3n) is 2.31. The molecule has 0 aliphatic heterocycles. The van der Waals surface area contributed by atoms with Crippen molar-refractivity contribution in [3.63, 3.8) is 0 Å². The van der Waals surface area contributed by atoms with E-state index in [1.54, 1.807) is 0 Å². The Hall–Kier alpha value is 0.140. The summed E-state index contributed by atoms with van der Waals surface area (Å²) >= 11 is 7.16. The molecular weight excluding hydrogens is 318 g/mol. The van der Waals surface area contributed by atoms with Crippen LogP contribution in [-0.2, 0) is 6.54 Å². The first-order chi connectivity index (χ1) is 7.03. The van der Waals surface area contributed by atoms with Gasteiger partial charge in [0.2, 0.25) is 0 Å². The van der Waals surface area contributed by atoms with Crippen molar-refractivity contribution in [1.29, 1.82) is 0 Å². The van der Waals surface area contributed by atoms with Crippen LogP contribution in [0.1, 0.15) is 5.56 Å². The fourth-order valence-corrected chi connectivity index (χ4v) is 2.72. The van der Waals surface area contributed by atoms with Gasteiger partial charge in [0, 0.05) is 10.9 Å². The summed E-state index contributed by atoms with van der Waals surface area (Å²) < 4.78 is 1.01. The molecule has 0 saturated carbocycles. The topological polar surface area (TPSA) is 0 Å². The molecule has 1 unspecified atom stereocenters. The summed E-state index contributed by atoms with van der Waals surface area (Å²) in [5, 5.41) is 1.00. The Labute approximate surface area is 109 Å². The normalized spacial score (nSPS) is 13.9. The lowest BCUT2D eigenvalue weighted by atomic mass is 10.2. The lowest BCUT2D eigenvalue weighted by Crippen LogP contribution is -2.43. The van der Waals surface area contributed by atoms with Gasteiger partial charge < -0.3 is 4.48 Å². The lowest BCUT2D eigenvalue weighted by Gasteiger charge is -2.31. The van der Waals surface area contributed by atoms with Crippen molar-refractivity contribution < 1.29 is 4.48 Å². The highest BCUT2D eigenvalue weighted by Gasteiger charge is 2.19. The molecule has 0 bridgehead atoms. The van der Waals surface area contributed by atoms with Crippen LogP contribution >= 0.6 is 31.9 Å². The monoisotopic (exact) mass is 334 g/mol. The van der Waals surface area contributed by atoms with E-state index in [1.165, 1.54) is 5.56 Å². The molecule has 15 heavy (non-hydrogen) atoms. The van der Waals surface area contributed by atoms with Crippen LogP contribution in [0.5, 0.6) is 0 Å². The second-order valence-corrected chi connectivity index (χ2v) is 6.46. The molecule has 0 fully saturated rings. The van der Waals surface area contributed by atoms with Crippen molar-refractivity contribution in [1.82, 2.24) is 0 Å². The number of benzene rings is 1. The molecule has 0 amide bonds. The molecule has 0 aromatic heterocycles. The Kier molecular flexibility index (Phi) is 5.30. The second kappa shape index (κ2) is 6.02. The minimum Gasteiger partial charge on any atom is -0.324 e. The first-order valence-corrected chi connectivity index (χ1v) is 7.13. The quantitative estimate of drug-likeness (QED) is 0.571. The summed E-state index contributed by atoms with van der Waals surface area (Å²) in [6, 6.07) is 10.7. The molecule has 1 rings (SSSR count). The SMILES string of the molecule is C[N+](C)(Cc1ccccc1)CC(Br)CBr.